The van der Waals surface area contributed by atoms with E-state index in [1.807, 2.05) is 17.0 Å². The number of aliphatic imine (C=N–C) groups is 1. The van der Waals surface area contributed by atoms with Gasteiger partial charge < -0.3 is 10.0 Å². The normalized spacial score (nSPS) is 20.6. The van der Waals surface area contributed by atoms with Crippen LogP contribution in [0, 0.1) is 0 Å². The lowest BCUT2D eigenvalue weighted by Gasteiger charge is -2.23. The highest BCUT2D eigenvalue weighted by Gasteiger charge is 2.38. The van der Waals surface area contributed by atoms with Gasteiger partial charge in [0.15, 0.2) is 0 Å². The van der Waals surface area contributed by atoms with Crippen LogP contribution < -0.4 is 10.0 Å². The van der Waals surface area contributed by atoms with Crippen molar-refractivity contribution >= 4 is 44.9 Å². The van der Waals surface area contributed by atoms with Gasteiger partial charge in [-0.3, -0.25) is 0 Å². The zero-order chi connectivity index (χ0) is 18.2. The maximum Gasteiger partial charge on any atom is 0.238 e. The van der Waals surface area contributed by atoms with Crippen LogP contribution >= 0.6 is 23.4 Å². The smallest absolute Gasteiger partial charge is 0.238 e. The molecule has 1 aliphatic rings. The standard InChI is InChI=1S/C16H16ClN3O3S2/c1-24-16(21)10-20(13-6-4-12(17)5-7-13)15(19-16)11-2-8-14(9-3-11)25(18,22)23/h2-9,21H,10H2,1H3,(H2,18,22,23). The Hall–Kier alpha value is -1.58. The van der Waals surface area contributed by atoms with Gasteiger partial charge in [-0.15, -0.1) is 11.8 Å². The fourth-order valence-electron chi connectivity index (χ4n) is 2.50. The molecule has 0 spiro atoms. The first kappa shape index (κ1) is 18.2. The summed E-state index contributed by atoms with van der Waals surface area (Å²) in [5.74, 6) is 0.542. The summed E-state index contributed by atoms with van der Waals surface area (Å²) in [4.78, 5) is 6.31. The van der Waals surface area contributed by atoms with Crippen LogP contribution in [0.4, 0.5) is 5.69 Å². The van der Waals surface area contributed by atoms with Crippen LogP contribution in [0.3, 0.4) is 0 Å². The average molecular weight is 398 g/mol. The van der Waals surface area contributed by atoms with Gasteiger partial charge in [-0.2, -0.15) is 0 Å². The van der Waals surface area contributed by atoms with Gasteiger partial charge in [0.05, 0.1) is 11.4 Å². The maximum absolute atomic E-state index is 11.4. The summed E-state index contributed by atoms with van der Waals surface area (Å²) in [5, 5.41) is 15.1. The van der Waals surface area contributed by atoms with E-state index in [4.69, 9.17) is 16.7 Å². The van der Waals surface area contributed by atoms with Crippen molar-refractivity contribution in [1.82, 2.24) is 0 Å². The Morgan fingerprint density at radius 3 is 2.32 bits per heavy atom. The summed E-state index contributed by atoms with van der Waals surface area (Å²) in [6, 6.07) is 13.3. The van der Waals surface area contributed by atoms with Gasteiger partial charge in [0.25, 0.3) is 0 Å². The average Bonchev–Trinajstić information content (AvgIpc) is 2.94. The topological polar surface area (TPSA) is 96.0 Å². The number of nitrogens with zero attached hydrogens (tertiary/aromatic N) is 2. The van der Waals surface area contributed by atoms with E-state index in [0.29, 0.717) is 16.4 Å². The minimum absolute atomic E-state index is 0.0213. The lowest BCUT2D eigenvalue weighted by Crippen LogP contribution is -2.34. The molecule has 2 aromatic rings. The van der Waals surface area contributed by atoms with Crippen molar-refractivity contribution in [2.24, 2.45) is 10.1 Å². The molecule has 1 atom stereocenters. The SMILES string of the molecule is CSC1(O)CN(c2ccc(Cl)cc2)C(c2ccc(S(N)(=O)=O)cc2)=N1. The van der Waals surface area contributed by atoms with Crippen molar-refractivity contribution in [2.75, 3.05) is 17.7 Å². The highest BCUT2D eigenvalue weighted by Crippen LogP contribution is 2.34. The molecule has 1 aliphatic heterocycles. The fraction of sp³-hybridized carbons (Fsp3) is 0.188. The molecule has 0 saturated heterocycles. The molecule has 3 rings (SSSR count). The van der Waals surface area contributed by atoms with E-state index in [-0.39, 0.29) is 11.4 Å². The third-order valence-electron chi connectivity index (χ3n) is 3.81. The largest absolute Gasteiger partial charge is 0.359 e. The molecule has 0 aliphatic carbocycles. The van der Waals surface area contributed by atoms with Crippen LogP contribution in [0.5, 0.6) is 0 Å². The number of aliphatic hydroxyl groups is 1. The van der Waals surface area contributed by atoms with Gasteiger partial charge in [0.1, 0.15) is 5.84 Å². The van der Waals surface area contributed by atoms with Crippen molar-refractivity contribution in [3.63, 3.8) is 0 Å². The van der Waals surface area contributed by atoms with Crippen LogP contribution in [-0.2, 0) is 10.0 Å². The number of amidine groups is 1. The van der Waals surface area contributed by atoms with E-state index in [1.54, 1.807) is 30.5 Å². The van der Waals surface area contributed by atoms with Crippen molar-refractivity contribution < 1.29 is 13.5 Å². The molecule has 0 aromatic heterocycles. The van der Waals surface area contributed by atoms with Crippen molar-refractivity contribution in [2.45, 2.75) is 9.95 Å². The van der Waals surface area contributed by atoms with Crippen LogP contribution in [-0.4, -0.2) is 37.2 Å². The van der Waals surface area contributed by atoms with Gasteiger partial charge in [-0.25, -0.2) is 18.5 Å². The summed E-state index contributed by atoms with van der Waals surface area (Å²) >= 11 is 7.17. The predicted molar refractivity (Wildman–Crippen MR) is 102 cm³/mol. The molecule has 0 amide bonds. The van der Waals surface area contributed by atoms with Gasteiger partial charge in [-0.05, 0) is 54.8 Å². The number of β-amino-alcohol motifs (C(OH)–C–C–N with tert-alkyl or cyclic N) is 1. The molecule has 0 radical (unpaired) electrons. The zero-order valence-corrected chi connectivity index (χ0v) is 15.6. The fourth-order valence-corrected chi connectivity index (χ4v) is 3.58. The zero-order valence-electron chi connectivity index (χ0n) is 13.3. The van der Waals surface area contributed by atoms with Gasteiger partial charge in [0, 0.05) is 16.3 Å². The number of rotatable bonds is 4. The summed E-state index contributed by atoms with van der Waals surface area (Å²) in [7, 11) is -3.76. The summed E-state index contributed by atoms with van der Waals surface area (Å²) < 4.78 is 22.8. The molecule has 132 valence electrons. The molecule has 2 aromatic carbocycles. The summed E-state index contributed by atoms with van der Waals surface area (Å²) in [6.07, 6.45) is 1.77. The van der Waals surface area contributed by atoms with E-state index < -0.39 is 15.1 Å². The minimum atomic E-state index is -3.76. The number of anilines is 1. The highest BCUT2D eigenvalue weighted by molar-refractivity contribution is 7.99. The predicted octanol–water partition coefficient (Wildman–Crippen LogP) is 2.26. The van der Waals surface area contributed by atoms with Crippen molar-refractivity contribution in [3.8, 4) is 0 Å². The Morgan fingerprint density at radius 2 is 1.80 bits per heavy atom. The number of thioether (sulfide) groups is 1. The molecular formula is C16H16ClN3O3S2. The lowest BCUT2D eigenvalue weighted by molar-refractivity contribution is 0.166. The molecule has 0 bridgehead atoms. The number of nitrogens with two attached hydrogens (primary N) is 1. The van der Waals surface area contributed by atoms with Gasteiger partial charge in [0.2, 0.25) is 15.1 Å². The minimum Gasteiger partial charge on any atom is -0.359 e. The molecule has 0 fully saturated rings. The van der Waals surface area contributed by atoms with E-state index >= 15 is 0 Å². The number of hydrogen-bond donors (Lipinski definition) is 2. The number of sulfonamides is 1. The molecular weight excluding hydrogens is 382 g/mol. The van der Waals surface area contributed by atoms with Crippen molar-refractivity contribution in [1.29, 1.82) is 0 Å². The monoisotopic (exact) mass is 397 g/mol. The van der Waals surface area contributed by atoms with E-state index in [1.165, 1.54) is 23.9 Å². The summed E-state index contributed by atoms with van der Waals surface area (Å²) in [6.45, 7) is 0.266. The van der Waals surface area contributed by atoms with Crippen LogP contribution in [0.15, 0.2) is 58.4 Å². The van der Waals surface area contributed by atoms with Gasteiger partial charge in [-0.1, -0.05) is 11.6 Å². The number of hydrogen-bond acceptors (Lipinski definition) is 6. The molecule has 0 saturated carbocycles. The van der Waals surface area contributed by atoms with Crippen LogP contribution in [0.2, 0.25) is 5.02 Å². The second kappa shape index (κ2) is 6.62. The third kappa shape index (κ3) is 3.83. The molecule has 25 heavy (non-hydrogen) atoms. The first-order valence-corrected chi connectivity index (χ1v) is 10.4. The Labute approximate surface area is 155 Å². The molecule has 1 unspecified atom stereocenters. The Morgan fingerprint density at radius 1 is 1.20 bits per heavy atom. The molecule has 1 heterocycles. The highest BCUT2D eigenvalue weighted by atomic mass is 35.5. The quantitative estimate of drug-likeness (QED) is 0.771. The van der Waals surface area contributed by atoms with Crippen molar-refractivity contribution in [3.05, 3.63) is 59.1 Å². The lowest BCUT2D eigenvalue weighted by atomic mass is 10.2. The number of primary sulfonamides is 1. The van der Waals surface area contributed by atoms with E-state index in [9.17, 15) is 13.5 Å². The van der Waals surface area contributed by atoms with E-state index in [0.717, 1.165) is 5.69 Å². The Balaban J connectivity index is 2.03. The second-order valence-electron chi connectivity index (χ2n) is 5.51. The van der Waals surface area contributed by atoms with Crippen LogP contribution in [0.1, 0.15) is 5.56 Å². The maximum atomic E-state index is 11.4. The molecule has 6 nitrogen and oxygen atoms in total. The number of benzene rings is 2. The van der Waals surface area contributed by atoms with Crippen LogP contribution in [0.25, 0.3) is 0 Å². The Kier molecular flexibility index (Phi) is 4.82. The van der Waals surface area contributed by atoms with E-state index in [2.05, 4.69) is 4.99 Å². The molecule has 9 heteroatoms. The third-order valence-corrected chi connectivity index (χ3v) is 5.86. The first-order valence-electron chi connectivity index (χ1n) is 7.26. The number of halogens is 1. The van der Waals surface area contributed by atoms with Gasteiger partial charge >= 0.3 is 0 Å². The first-order chi connectivity index (χ1) is 11.7. The summed E-state index contributed by atoms with van der Waals surface area (Å²) in [5.41, 5.74) is 1.50. The Bertz CT molecular complexity index is 915. The molecule has 3 N–H and O–H groups in total. The second-order valence-corrected chi connectivity index (χ2v) is 8.57.